The number of carbonyl (C=O) groups excluding carboxylic acids is 1. The van der Waals surface area contributed by atoms with E-state index in [4.69, 9.17) is 4.74 Å². The molecule has 0 saturated heterocycles. The van der Waals surface area contributed by atoms with Crippen molar-refractivity contribution in [2.24, 2.45) is 0 Å². The van der Waals surface area contributed by atoms with Crippen LogP contribution in [-0.2, 0) is 17.8 Å². The van der Waals surface area contributed by atoms with Gasteiger partial charge in [0.05, 0.1) is 0 Å². The highest BCUT2D eigenvalue weighted by molar-refractivity contribution is 6.09. The number of hydrogen-bond donors (Lipinski definition) is 1. The Labute approximate surface area is 189 Å². The van der Waals surface area contributed by atoms with Crippen molar-refractivity contribution in [1.29, 1.82) is 5.26 Å². The summed E-state index contributed by atoms with van der Waals surface area (Å²) in [6.45, 7) is 8.31. The summed E-state index contributed by atoms with van der Waals surface area (Å²) >= 11 is 0. The quantitative estimate of drug-likeness (QED) is 0.269. The van der Waals surface area contributed by atoms with E-state index in [-0.39, 0.29) is 5.57 Å². The fourth-order valence-corrected chi connectivity index (χ4v) is 3.26. The minimum Gasteiger partial charge on any atom is -0.489 e. The summed E-state index contributed by atoms with van der Waals surface area (Å²) in [5, 5.41) is 12.3. The zero-order chi connectivity index (χ0) is 22.9. The Morgan fingerprint density at radius 2 is 1.84 bits per heavy atom. The van der Waals surface area contributed by atoms with Gasteiger partial charge in [-0.1, -0.05) is 59.7 Å². The summed E-state index contributed by atoms with van der Waals surface area (Å²) < 4.78 is 6.04. The molecule has 4 heteroatoms. The van der Waals surface area contributed by atoms with Crippen molar-refractivity contribution in [3.63, 3.8) is 0 Å². The highest BCUT2D eigenvalue weighted by atomic mass is 16.5. The number of anilines is 1. The molecule has 0 saturated carbocycles. The van der Waals surface area contributed by atoms with Gasteiger partial charge in [0.1, 0.15) is 24.0 Å². The van der Waals surface area contributed by atoms with Crippen molar-refractivity contribution < 1.29 is 9.53 Å². The minimum atomic E-state index is -0.443. The molecule has 0 radical (unpaired) electrons. The number of hydrogen-bond acceptors (Lipinski definition) is 3. The lowest BCUT2D eigenvalue weighted by molar-refractivity contribution is -0.112. The zero-order valence-corrected chi connectivity index (χ0v) is 18.4. The molecule has 0 spiro atoms. The van der Waals surface area contributed by atoms with Crippen LogP contribution in [0.25, 0.3) is 6.08 Å². The maximum Gasteiger partial charge on any atom is 0.266 e. The molecule has 0 aliphatic carbocycles. The fraction of sp³-hybridized carbons (Fsp3) is 0.143. The van der Waals surface area contributed by atoms with Crippen LogP contribution in [0, 0.1) is 25.2 Å². The Morgan fingerprint density at radius 1 is 1.06 bits per heavy atom. The molecule has 0 aliphatic heterocycles. The van der Waals surface area contributed by atoms with Crippen LogP contribution < -0.4 is 10.1 Å². The van der Waals surface area contributed by atoms with Gasteiger partial charge in [-0.3, -0.25) is 4.79 Å². The molecular formula is C28H26N2O2. The second-order valence-electron chi connectivity index (χ2n) is 7.63. The summed E-state index contributed by atoms with van der Waals surface area (Å²) in [5.41, 5.74) is 5.75. The molecular weight excluding hydrogens is 396 g/mol. The Kier molecular flexibility index (Phi) is 7.61. The zero-order valence-electron chi connectivity index (χ0n) is 18.4. The fourth-order valence-electron chi connectivity index (χ4n) is 3.26. The maximum atomic E-state index is 12.6. The molecule has 3 aromatic rings. The van der Waals surface area contributed by atoms with E-state index in [1.165, 1.54) is 5.56 Å². The highest BCUT2D eigenvalue weighted by Crippen LogP contribution is 2.24. The van der Waals surface area contributed by atoms with Crippen molar-refractivity contribution in [2.75, 3.05) is 5.32 Å². The normalized spacial score (nSPS) is 10.8. The Bertz CT molecular complexity index is 1180. The van der Waals surface area contributed by atoms with E-state index >= 15 is 0 Å². The molecule has 3 aromatic carbocycles. The number of nitrogens with one attached hydrogen (secondary N) is 1. The Balaban J connectivity index is 1.78. The summed E-state index contributed by atoms with van der Waals surface area (Å²) in [4.78, 5) is 12.6. The lowest BCUT2D eigenvalue weighted by Gasteiger charge is -2.12. The first-order valence-electron chi connectivity index (χ1n) is 10.4. The molecule has 0 unspecified atom stereocenters. The third kappa shape index (κ3) is 6.20. The lowest BCUT2D eigenvalue weighted by atomic mass is 10.0. The van der Waals surface area contributed by atoms with Gasteiger partial charge in [0.25, 0.3) is 5.91 Å². The van der Waals surface area contributed by atoms with E-state index in [2.05, 4.69) is 31.0 Å². The lowest BCUT2D eigenvalue weighted by Crippen LogP contribution is -2.13. The number of carbonyl (C=O) groups is 1. The third-order valence-electron chi connectivity index (χ3n) is 4.91. The topological polar surface area (TPSA) is 62.1 Å². The highest BCUT2D eigenvalue weighted by Gasteiger charge is 2.11. The first-order chi connectivity index (χ1) is 15.5. The first kappa shape index (κ1) is 22.6. The van der Waals surface area contributed by atoms with Crippen molar-refractivity contribution >= 4 is 17.7 Å². The molecule has 1 amide bonds. The number of allylic oxidation sites excluding steroid dienone is 1. The summed E-state index contributed by atoms with van der Waals surface area (Å²) in [7, 11) is 0. The van der Waals surface area contributed by atoms with Crippen LogP contribution in [0.2, 0.25) is 0 Å². The molecule has 0 aliphatic rings. The van der Waals surface area contributed by atoms with Gasteiger partial charge in [0.15, 0.2) is 0 Å². The van der Waals surface area contributed by atoms with Crippen LogP contribution in [0.3, 0.4) is 0 Å². The smallest absolute Gasteiger partial charge is 0.266 e. The van der Waals surface area contributed by atoms with Gasteiger partial charge in [-0.25, -0.2) is 0 Å². The second kappa shape index (κ2) is 10.8. The van der Waals surface area contributed by atoms with Gasteiger partial charge in [0.2, 0.25) is 0 Å². The largest absolute Gasteiger partial charge is 0.489 e. The van der Waals surface area contributed by atoms with E-state index in [0.717, 1.165) is 28.0 Å². The molecule has 0 heterocycles. The second-order valence-corrected chi connectivity index (χ2v) is 7.63. The molecule has 0 bridgehead atoms. The van der Waals surface area contributed by atoms with Crippen LogP contribution >= 0.6 is 0 Å². The van der Waals surface area contributed by atoms with E-state index in [1.54, 1.807) is 12.2 Å². The van der Waals surface area contributed by atoms with Crippen molar-refractivity contribution in [1.82, 2.24) is 0 Å². The number of benzene rings is 3. The van der Waals surface area contributed by atoms with Crippen LogP contribution in [-0.4, -0.2) is 5.91 Å². The molecule has 1 N–H and O–H groups in total. The summed E-state index contributed by atoms with van der Waals surface area (Å²) in [6.07, 6.45) is 4.00. The maximum absolute atomic E-state index is 12.6. The first-order valence-corrected chi connectivity index (χ1v) is 10.4. The molecule has 4 nitrogen and oxygen atoms in total. The monoisotopic (exact) mass is 422 g/mol. The standard InChI is InChI=1S/C28H26N2O2/c1-4-6-24-16-22(11-14-27(24)32-19-23-8-5-7-21(3)15-23)17-25(18-29)28(31)30-26-12-9-20(2)10-13-26/h4-5,7-17H,1,6,19H2,2-3H3,(H,30,31)/b25-17-. The van der Waals surface area contributed by atoms with E-state index in [9.17, 15) is 10.1 Å². The molecule has 0 aromatic heterocycles. The van der Waals surface area contributed by atoms with Gasteiger partial charge in [-0.05, 0) is 67.3 Å². The van der Waals surface area contributed by atoms with Gasteiger partial charge in [-0.2, -0.15) is 5.26 Å². The predicted molar refractivity (Wildman–Crippen MR) is 129 cm³/mol. The summed E-state index contributed by atoms with van der Waals surface area (Å²) in [6, 6.07) is 23.2. The van der Waals surface area contributed by atoms with Gasteiger partial charge >= 0.3 is 0 Å². The van der Waals surface area contributed by atoms with Crippen LogP contribution in [0.15, 0.2) is 85.0 Å². The average molecular weight is 423 g/mol. The number of nitrogens with zero attached hydrogens (tertiary/aromatic N) is 1. The van der Waals surface area contributed by atoms with Crippen LogP contribution in [0.5, 0.6) is 5.75 Å². The third-order valence-corrected chi connectivity index (χ3v) is 4.91. The summed E-state index contributed by atoms with van der Waals surface area (Å²) in [5.74, 6) is 0.313. The molecule has 0 atom stereocenters. The van der Waals surface area contributed by atoms with Crippen molar-refractivity contribution in [3.8, 4) is 11.8 Å². The van der Waals surface area contributed by atoms with Crippen LogP contribution in [0.4, 0.5) is 5.69 Å². The van der Waals surface area contributed by atoms with Crippen LogP contribution in [0.1, 0.15) is 27.8 Å². The van der Waals surface area contributed by atoms with Crippen molar-refractivity contribution in [2.45, 2.75) is 26.9 Å². The Hall–Kier alpha value is -4.10. The van der Waals surface area contributed by atoms with E-state index in [0.29, 0.717) is 18.7 Å². The number of ether oxygens (including phenoxy) is 1. The van der Waals surface area contributed by atoms with Gasteiger partial charge < -0.3 is 10.1 Å². The number of amides is 1. The number of aryl methyl sites for hydroxylation is 2. The molecule has 0 fully saturated rings. The van der Waals surface area contributed by atoms with Gasteiger partial charge in [-0.15, -0.1) is 6.58 Å². The predicted octanol–water partition coefficient (Wildman–Crippen LogP) is 6.16. The van der Waals surface area contributed by atoms with E-state index < -0.39 is 5.91 Å². The molecule has 3 rings (SSSR count). The Morgan fingerprint density at radius 3 is 2.53 bits per heavy atom. The minimum absolute atomic E-state index is 0.0311. The molecule has 32 heavy (non-hydrogen) atoms. The average Bonchev–Trinajstić information content (AvgIpc) is 2.78. The number of nitriles is 1. The van der Waals surface area contributed by atoms with E-state index in [1.807, 2.05) is 67.6 Å². The number of rotatable bonds is 8. The van der Waals surface area contributed by atoms with Crippen molar-refractivity contribution in [3.05, 3.63) is 113 Å². The van der Waals surface area contributed by atoms with Gasteiger partial charge in [0, 0.05) is 5.69 Å². The SMILES string of the molecule is C=CCc1cc(/C=C(/C#N)C(=O)Nc2ccc(C)cc2)ccc1OCc1cccc(C)c1. The molecule has 160 valence electrons.